The predicted molar refractivity (Wildman–Crippen MR) is 209 cm³/mol. The highest BCUT2D eigenvalue weighted by Gasteiger charge is 2.20. The summed E-state index contributed by atoms with van der Waals surface area (Å²) in [5, 5.41) is 13.3. The molecule has 0 aliphatic heterocycles. The summed E-state index contributed by atoms with van der Waals surface area (Å²) in [5.41, 5.74) is 0. The van der Waals surface area contributed by atoms with Gasteiger partial charge in [0.15, 0.2) is 0 Å². The summed E-state index contributed by atoms with van der Waals surface area (Å²) >= 11 is 0. The lowest BCUT2D eigenvalue weighted by atomic mass is 10.0. The van der Waals surface area contributed by atoms with Crippen LogP contribution in [0.2, 0.25) is 0 Å². The number of aliphatic hydroxyl groups is 1. The molecule has 0 radical (unpaired) electrons. The Hall–Kier alpha value is -0.720. The van der Waals surface area contributed by atoms with Gasteiger partial charge in [0.1, 0.15) is 0 Å². The van der Waals surface area contributed by atoms with Gasteiger partial charge in [-0.25, -0.2) is 0 Å². The third kappa shape index (κ3) is 38.5. The number of aliphatic hydroxyl groups excluding tert-OH is 1. The van der Waals surface area contributed by atoms with E-state index in [0.717, 1.165) is 38.5 Å². The summed E-state index contributed by atoms with van der Waals surface area (Å²) in [6.07, 6.45) is 44.8. The van der Waals surface area contributed by atoms with Crippen molar-refractivity contribution in [2.24, 2.45) is 0 Å². The predicted octanol–water partition coefficient (Wildman–Crippen LogP) is 11.5. The molecule has 0 aliphatic rings. The van der Waals surface area contributed by atoms with Crippen molar-refractivity contribution in [3.63, 3.8) is 0 Å². The summed E-state index contributed by atoms with van der Waals surface area (Å²) in [7, 11) is -5.21. The molecular weight excluding hydrogens is 645 g/mol. The summed E-state index contributed by atoms with van der Waals surface area (Å²) in [6, 6.07) is -0.984. The topological polar surface area (TPSA) is 122 Å². The SMILES string of the molecule is CCCCCCCCCCCCC/C=C/[C@@H](O)[C@H](COP(=O)([O-])[O-])NC(=O)CCCCCCCCCCCCCCCCCCCCCCC. The lowest BCUT2D eigenvalue weighted by molar-refractivity contribution is -0.342. The first kappa shape index (κ1) is 49.3. The molecular formula is C42H82NO6P-2. The quantitative estimate of drug-likeness (QED) is 0.0368. The molecule has 2 N–H and O–H groups in total. The number of carbonyl (C=O) groups is 1. The molecule has 7 nitrogen and oxygen atoms in total. The largest absolute Gasteiger partial charge is 0.790 e. The fourth-order valence-electron chi connectivity index (χ4n) is 6.69. The molecule has 8 heteroatoms. The standard InChI is InChI=1S/C42H84NO6P/c1-3-5-7-9-11-13-15-17-18-19-20-21-22-23-24-26-28-30-32-34-36-38-42(45)43-40(39-49-50(46,47)48)41(44)37-35-33-31-29-27-25-16-14-12-10-8-6-4-2/h35,37,40-41,44H,3-34,36,38-39H2,1-2H3,(H,43,45)(H2,46,47,48)/p-2/b37-35+/t40-,41+/m0/s1. The Balaban J connectivity index is 3.87. The zero-order chi connectivity index (χ0) is 36.8. The van der Waals surface area contributed by atoms with E-state index < -0.39 is 26.6 Å². The molecule has 298 valence electrons. The van der Waals surface area contributed by atoms with E-state index in [1.54, 1.807) is 6.08 Å². The van der Waals surface area contributed by atoms with E-state index in [2.05, 4.69) is 23.7 Å². The van der Waals surface area contributed by atoms with Gasteiger partial charge in [-0.2, -0.15) is 0 Å². The molecule has 0 aromatic carbocycles. The minimum atomic E-state index is -5.21. The molecule has 0 fully saturated rings. The molecule has 0 aliphatic carbocycles. The van der Waals surface area contributed by atoms with Crippen LogP contribution in [0.25, 0.3) is 0 Å². The number of rotatable bonds is 40. The molecule has 0 rings (SSSR count). The third-order valence-corrected chi connectivity index (χ3v) is 10.5. The summed E-state index contributed by atoms with van der Waals surface area (Å²) in [6.45, 7) is 3.95. The number of allylic oxidation sites excluding steroid dienone is 1. The lowest BCUT2D eigenvalue weighted by Crippen LogP contribution is -2.46. The van der Waals surface area contributed by atoms with E-state index in [-0.39, 0.29) is 5.91 Å². The third-order valence-electron chi connectivity index (χ3n) is 9.99. The molecule has 0 aromatic rings. The van der Waals surface area contributed by atoms with Crippen molar-refractivity contribution in [1.82, 2.24) is 5.32 Å². The fourth-order valence-corrected chi connectivity index (χ4v) is 7.03. The summed E-state index contributed by atoms with van der Waals surface area (Å²) in [5.74, 6) is -0.263. The normalized spacial score (nSPS) is 13.3. The van der Waals surface area contributed by atoms with Gasteiger partial charge in [0.25, 0.3) is 0 Å². The van der Waals surface area contributed by atoms with Gasteiger partial charge in [0.2, 0.25) is 5.91 Å². The van der Waals surface area contributed by atoms with Crippen LogP contribution >= 0.6 is 7.82 Å². The monoisotopic (exact) mass is 728 g/mol. The van der Waals surface area contributed by atoms with Gasteiger partial charge in [0, 0.05) is 6.42 Å². The van der Waals surface area contributed by atoms with Crippen LogP contribution in [0.3, 0.4) is 0 Å². The van der Waals surface area contributed by atoms with E-state index in [0.29, 0.717) is 6.42 Å². The molecule has 0 saturated carbocycles. The number of carbonyl (C=O) groups excluding carboxylic acids is 1. The van der Waals surface area contributed by atoms with Gasteiger partial charge in [-0.3, -0.25) is 4.79 Å². The van der Waals surface area contributed by atoms with Crippen LogP contribution in [-0.2, 0) is 13.9 Å². The van der Waals surface area contributed by atoms with E-state index in [4.69, 9.17) is 0 Å². The van der Waals surface area contributed by atoms with Crippen molar-refractivity contribution in [1.29, 1.82) is 0 Å². The van der Waals surface area contributed by atoms with Crippen LogP contribution in [0, 0.1) is 0 Å². The number of hydrogen-bond donors (Lipinski definition) is 2. The Labute approximate surface area is 310 Å². The highest BCUT2D eigenvalue weighted by atomic mass is 31.2. The number of phosphoric acid groups is 1. The van der Waals surface area contributed by atoms with Crippen molar-refractivity contribution in [2.45, 2.75) is 244 Å². The van der Waals surface area contributed by atoms with Crippen molar-refractivity contribution in [2.75, 3.05) is 6.61 Å². The Morgan fingerprint density at radius 2 is 0.900 bits per heavy atom. The molecule has 0 heterocycles. The average Bonchev–Trinajstić information content (AvgIpc) is 3.08. The van der Waals surface area contributed by atoms with E-state index in [1.165, 1.54) is 173 Å². The van der Waals surface area contributed by atoms with E-state index in [1.807, 2.05) is 6.08 Å². The maximum absolute atomic E-state index is 12.5. The number of unbranched alkanes of at least 4 members (excludes halogenated alkanes) is 31. The van der Waals surface area contributed by atoms with E-state index >= 15 is 0 Å². The second kappa shape index (κ2) is 38.0. The van der Waals surface area contributed by atoms with Crippen molar-refractivity contribution < 1.29 is 28.8 Å². The van der Waals surface area contributed by atoms with Crippen LogP contribution in [0.15, 0.2) is 12.2 Å². The van der Waals surface area contributed by atoms with Crippen LogP contribution in [0.5, 0.6) is 0 Å². The molecule has 0 saturated heterocycles. The molecule has 50 heavy (non-hydrogen) atoms. The number of phosphoric ester groups is 1. The second-order valence-electron chi connectivity index (χ2n) is 15.0. The lowest BCUT2D eigenvalue weighted by Gasteiger charge is -2.32. The molecule has 0 bridgehead atoms. The molecule has 2 atom stereocenters. The molecule has 1 amide bonds. The van der Waals surface area contributed by atoms with Crippen molar-refractivity contribution in [3.8, 4) is 0 Å². The Morgan fingerprint density at radius 1 is 0.580 bits per heavy atom. The fraction of sp³-hybridized carbons (Fsp3) is 0.929. The first-order chi connectivity index (χ1) is 24.3. The molecule has 0 spiro atoms. The van der Waals surface area contributed by atoms with Crippen LogP contribution < -0.4 is 15.1 Å². The van der Waals surface area contributed by atoms with Gasteiger partial charge in [-0.05, 0) is 19.3 Å². The highest BCUT2D eigenvalue weighted by molar-refractivity contribution is 7.43. The van der Waals surface area contributed by atoms with Crippen LogP contribution in [0.4, 0.5) is 0 Å². The number of hydrogen-bond acceptors (Lipinski definition) is 6. The van der Waals surface area contributed by atoms with Gasteiger partial charge < -0.3 is 29.3 Å². The second-order valence-corrected chi connectivity index (χ2v) is 16.1. The van der Waals surface area contributed by atoms with Crippen LogP contribution in [0.1, 0.15) is 232 Å². The minimum absolute atomic E-state index is 0.263. The smallest absolute Gasteiger partial charge is 0.220 e. The number of amides is 1. The molecule has 0 aromatic heterocycles. The maximum atomic E-state index is 12.5. The maximum Gasteiger partial charge on any atom is 0.220 e. The van der Waals surface area contributed by atoms with Crippen molar-refractivity contribution >= 4 is 13.7 Å². The average molecular weight is 728 g/mol. The van der Waals surface area contributed by atoms with E-state index in [9.17, 15) is 24.3 Å². The minimum Gasteiger partial charge on any atom is -0.790 e. The first-order valence-electron chi connectivity index (χ1n) is 21.6. The highest BCUT2D eigenvalue weighted by Crippen LogP contribution is 2.25. The Bertz CT molecular complexity index is 788. The first-order valence-corrected chi connectivity index (χ1v) is 23.1. The summed E-state index contributed by atoms with van der Waals surface area (Å²) in [4.78, 5) is 34.6. The van der Waals surface area contributed by atoms with Crippen LogP contribution in [-0.4, -0.2) is 29.8 Å². The zero-order valence-corrected chi connectivity index (χ0v) is 33.9. The Kier molecular flexibility index (Phi) is 37.5. The number of nitrogens with one attached hydrogen (secondary N) is 1. The van der Waals surface area contributed by atoms with Gasteiger partial charge in [0.05, 0.1) is 26.6 Å². The van der Waals surface area contributed by atoms with Gasteiger partial charge in [-0.1, -0.05) is 219 Å². The van der Waals surface area contributed by atoms with Gasteiger partial charge in [-0.15, -0.1) is 0 Å². The molecule has 0 unspecified atom stereocenters. The zero-order valence-electron chi connectivity index (χ0n) is 33.0. The summed E-state index contributed by atoms with van der Waals surface area (Å²) < 4.78 is 15.5. The van der Waals surface area contributed by atoms with Crippen molar-refractivity contribution in [3.05, 3.63) is 12.2 Å². The van der Waals surface area contributed by atoms with Gasteiger partial charge >= 0.3 is 0 Å². The Morgan fingerprint density at radius 3 is 1.24 bits per heavy atom.